The Bertz CT molecular complexity index is 522. The average Bonchev–Trinajstić information content (AvgIpc) is 2.48. The molecule has 0 saturated carbocycles. The first-order valence-electron chi connectivity index (χ1n) is 6.62. The molecule has 0 atom stereocenters. The van der Waals surface area contributed by atoms with E-state index in [1.807, 2.05) is 0 Å². The van der Waals surface area contributed by atoms with Gasteiger partial charge in [0.05, 0.1) is 5.69 Å². The lowest BCUT2D eigenvalue weighted by Crippen LogP contribution is -2.42. The Balaban J connectivity index is 2.01. The van der Waals surface area contributed by atoms with E-state index in [0.29, 0.717) is 31.5 Å². The normalized spacial score (nSPS) is 15.9. The monoisotopic (exact) mass is 277 g/mol. The van der Waals surface area contributed by atoms with E-state index in [0.717, 1.165) is 0 Å². The SMILES string of the molecule is CNC(=O)C1CCN(C(=O)c2ccc(N)c(O)c2)CC1. The predicted molar refractivity (Wildman–Crippen MR) is 75.2 cm³/mol. The summed E-state index contributed by atoms with van der Waals surface area (Å²) in [4.78, 5) is 25.5. The second kappa shape index (κ2) is 5.81. The predicted octanol–water partition coefficient (Wildman–Crippen LogP) is 0.573. The number of nitrogens with two attached hydrogens (primary N) is 1. The van der Waals surface area contributed by atoms with Gasteiger partial charge in [0.2, 0.25) is 5.91 Å². The van der Waals surface area contributed by atoms with Gasteiger partial charge in [0.15, 0.2) is 0 Å². The zero-order valence-corrected chi connectivity index (χ0v) is 11.4. The minimum absolute atomic E-state index is 0.0242. The van der Waals surface area contributed by atoms with Crippen LogP contribution in [-0.2, 0) is 4.79 Å². The minimum Gasteiger partial charge on any atom is -0.506 e. The number of carbonyl (C=O) groups excluding carboxylic acids is 2. The highest BCUT2D eigenvalue weighted by Crippen LogP contribution is 2.23. The van der Waals surface area contributed by atoms with Crippen LogP contribution in [0.15, 0.2) is 18.2 Å². The van der Waals surface area contributed by atoms with E-state index in [-0.39, 0.29) is 29.2 Å². The number of nitrogens with zero attached hydrogens (tertiary/aromatic N) is 1. The number of nitrogen functional groups attached to an aromatic ring is 1. The van der Waals surface area contributed by atoms with Gasteiger partial charge in [0.25, 0.3) is 5.91 Å². The molecule has 1 aliphatic rings. The molecule has 1 aromatic carbocycles. The average molecular weight is 277 g/mol. The molecule has 1 heterocycles. The molecule has 6 heteroatoms. The molecule has 1 aromatic rings. The molecule has 6 nitrogen and oxygen atoms in total. The number of phenolic OH excluding ortho intramolecular Hbond substituents is 1. The molecule has 0 spiro atoms. The summed E-state index contributed by atoms with van der Waals surface area (Å²) in [6.07, 6.45) is 1.32. The second-order valence-corrected chi connectivity index (χ2v) is 4.95. The molecule has 1 saturated heterocycles. The Morgan fingerprint density at radius 3 is 2.55 bits per heavy atom. The standard InChI is InChI=1S/C14H19N3O3/c1-16-13(19)9-4-6-17(7-5-9)14(20)10-2-3-11(15)12(18)8-10/h2-3,8-9,18H,4-7,15H2,1H3,(H,16,19). The van der Waals surface area contributed by atoms with Crippen LogP contribution < -0.4 is 11.1 Å². The van der Waals surface area contributed by atoms with Gasteiger partial charge in [-0.1, -0.05) is 0 Å². The number of phenols is 1. The van der Waals surface area contributed by atoms with Crippen molar-refractivity contribution in [2.24, 2.45) is 5.92 Å². The number of carbonyl (C=O) groups is 2. The van der Waals surface area contributed by atoms with Crippen LogP contribution in [0.3, 0.4) is 0 Å². The topological polar surface area (TPSA) is 95.7 Å². The smallest absolute Gasteiger partial charge is 0.253 e. The molecule has 0 unspecified atom stereocenters. The summed E-state index contributed by atoms with van der Waals surface area (Å²) in [7, 11) is 1.62. The van der Waals surface area contributed by atoms with E-state index in [1.54, 1.807) is 18.0 Å². The van der Waals surface area contributed by atoms with Crippen LogP contribution in [0.5, 0.6) is 5.75 Å². The molecule has 20 heavy (non-hydrogen) atoms. The number of hydrogen-bond acceptors (Lipinski definition) is 4. The van der Waals surface area contributed by atoms with Crippen molar-refractivity contribution in [3.63, 3.8) is 0 Å². The van der Waals surface area contributed by atoms with Crippen molar-refractivity contribution in [3.8, 4) is 5.75 Å². The number of aromatic hydroxyl groups is 1. The van der Waals surface area contributed by atoms with Gasteiger partial charge in [-0.3, -0.25) is 9.59 Å². The molecular weight excluding hydrogens is 258 g/mol. The summed E-state index contributed by atoms with van der Waals surface area (Å²) in [5, 5.41) is 12.2. The zero-order valence-electron chi connectivity index (χ0n) is 11.4. The maximum Gasteiger partial charge on any atom is 0.253 e. The molecule has 108 valence electrons. The first-order valence-corrected chi connectivity index (χ1v) is 6.62. The fraction of sp³-hybridized carbons (Fsp3) is 0.429. The summed E-state index contributed by atoms with van der Waals surface area (Å²) in [6.45, 7) is 1.09. The van der Waals surface area contributed by atoms with Gasteiger partial charge in [0.1, 0.15) is 5.75 Å². The molecule has 0 aromatic heterocycles. The molecule has 2 rings (SSSR count). The van der Waals surface area contributed by atoms with E-state index in [4.69, 9.17) is 5.73 Å². The molecule has 1 fully saturated rings. The molecule has 4 N–H and O–H groups in total. The number of piperidine rings is 1. The lowest BCUT2D eigenvalue weighted by molar-refractivity contribution is -0.125. The second-order valence-electron chi connectivity index (χ2n) is 4.95. The third-order valence-corrected chi connectivity index (χ3v) is 3.68. The van der Waals surface area contributed by atoms with Crippen LogP contribution in [0.25, 0.3) is 0 Å². The van der Waals surface area contributed by atoms with Crippen molar-refractivity contribution < 1.29 is 14.7 Å². The number of anilines is 1. The van der Waals surface area contributed by atoms with E-state index in [2.05, 4.69) is 5.32 Å². The molecule has 0 aliphatic carbocycles. The first-order chi connectivity index (χ1) is 9.52. The van der Waals surface area contributed by atoms with Gasteiger partial charge in [-0.25, -0.2) is 0 Å². The third kappa shape index (κ3) is 2.84. The fourth-order valence-electron chi connectivity index (χ4n) is 2.41. The largest absolute Gasteiger partial charge is 0.506 e. The zero-order chi connectivity index (χ0) is 14.7. The number of rotatable bonds is 2. The first kappa shape index (κ1) is 14.2. The number of hydrogen-bond donors (Lipinski definition) is 3. The Labute approximate surface area is 117 Å². The van der Waals surface area contributed by atoms with Crippen molar-refractivity contribution in [3.05, 3.63) is 23.8 Å². The summed E-state index contributed by atoms with van der Waals surface area (Å²) >= 11 is 0. The van der Waals surface area contributed by atoms with Crippen LogP contribution in [0.4, 0.5) is 5.69 Å². The number of benzene rings is 1. The van der Waals surface area contributed by atoms with Gasteiger partial charge < -0.3 is 21.1 Å². The van der Waals surface area contributed by atoms with Crippen LogP contribution in [0, 0.1) is 5.92 Å². The van der Waals surface area contributed by atoms with Gasteiger partial charge in [0, 0.05) is 31.6 Å². The Morgan fingerprint density at radius 1 is 1.35 bits per heavy atom. The Morgan fingerprint density at radius 2 is 2.00 bits per heavy atom. The van der Waals surface area contributed by atoms with Crippen LogP contribution >= 0.6 is 0 Å². The van der Waals surface area contributed by atoms with Crippen molar-refractivity contribution in [2.45, 2.75) is 12.8 Å². The minimum atomic E-state index is -0.143. The number of nitrogens with one attached hydrogen (secondary N) is 1. The Hall–Kier alpha value is -2.24. The maximum atomic E-state index is 12.3. The maximum absolute atomic E-state index is 12.3. The van der Waals surface area contributed by atoms with Crippen molar-refractivity contribution in [2.75, 3.05) is 25.9 Å². The number of likely N-dealkylation sites (tertiary alicyclic amines) is 1. The van der Waals surface area contributed by atoms with Crippen molar-refractivity contribution >= 4 is 17.5 Å². The van der Waals surface area contributed by atoms with E-state index in [1.165, 1.54) is 12.1 Å². The van der Waals surface area contributed by atoms with Gasteiger partial charge >= 0.3 is 0 Å². The van der Waals surface area contributed by atoms with E-state index < -0.39 is 0 Å². The van der Waals surface area contributed by atoms with Crippen molar-refractivity contribution in [1.29, 1.82) is 0 Å². The number of amides is 2. The summed E-state index contributed by atoms with van der Waals surface area (Å²) in [5.41, 5.74) is 6.18. The summed E-state index contributed by atoms with van der Waals surface area (Å²) in [5.74, 6) is -0.224. The fourth-order valence-corrected chi connectivity index (χ4v) is 2.41. The van der Waals surface area contributed by atoms with E-state index in [9.17, 15) is 14.7 Å². The highest BCUT2D eigenvalue weighted by Gasteiger charge is 2.27. The molecule has 2 amide bonds. The van der Waals surface area contributed by atoms with Gasteiger partial charge in [-0.15, -0.1) is 0 Å². The highest BCUT2D eigenvalue weighted by molar-refractivity contribution is 5.95. The lowest BCUT2D eigenvalue weighted by atomic mass is 9.95. The van der Waals surface area contributed by atoms with E-state index >= 15 is 0 Å². The summed E-state index contributed by atoms with van der Waals surface area (Å²) < 4.78 is 0. The van der Waals surface area contributed by atoms with Crippen LogP contribution in [-0.4, -0.2) is 42.0 Å². The third-order valence-electron chi connectivity index (χ3n) is 3.68. The molecule has 1 aliphatic heterocycles. The van der Waals surface area contributed by atoms with Crippen LogP contribution in [0.1, 0.15) is 23.2 Å². The van der Waals surface area contributed by atoms with Crippen LogP contribution in [0.2, 0.25) is 0 Å². The lowest BCUT2D eigenvalue weighted by Gasteiger charge is -2.31. The Kier molecular flexibility index (Phi) is 4.12. The molecule has 0 radical (unpaired) electrons. The van der Waals surface area contributed by atoms with Gasteiger partial charge in [-0.2, -0.15) is 0 Å². The van der Waals surface area contributed by atoms with Gasteiger partial charge in [-0.05, 0) is 31.0 Å². The van der Waals surface area contributed by atoms with Crippen molar-refractivity contribution in [1.82, 2.24) is 10.2 Å². The molecular formula is C14H19N3O3. The quantitative estimate of drug-likeness (QED) is 0.544. The highest BCUT2D eigenvalue weighted by atomic mass is 16.3. The molecule has 0 bridgehead atoms. The summed E-state index contributed by atoms with van der Waals surface area (Å²) in [6, 6.07) is 4.49.